The van der Waals surface area contributed by atoms with Gasteiger partial charge in [-0.15, -0.1) is 0 Å². The topological polar surface area (TPSA) is 134 Å². The number of cyclic esters (lactones) is 1. The van der Waals surface area contributed by atoms with E-state index in [-0.39, 0.29) is 6.61 Å². The van der Waals surface area contributed by atoms with Crippen LogP contribution in [0.2, 0.25) is 0 Å². The van der Waals surface area contributed by atoms with Crippen LogP contribution in [-0.2, 0) is 19.1 Å². The van der Waals surface area contributed by atoms with E-state index in [2.05, 4.69) is 0 Å². The molecule has 0 saturated carbocycles. The maximum absolute atomic E-state index is 12.0. The molecule has 156 valence electrons. The SMILES string of the molecule is CCCCC(O)/C=C/C(=O)O[C@H]1COC(=O)[C@H](C)[C@@H](O)[C@](C)(O)[C@H](O)[C@@H]1C. The minimum absolute atomic E-state index is 0.317. The summed E-state index contributed by atoms with van der Waals surface area (Å²) in [4.78, 5) is 24.1. The summed E-state index contributed by atoms with van der Waals surface area (Å²) in [7, 11) is 0. The van der Waals surface area contributed by atoms with Gasteiger partial charge in [-0.3, -0.25) is 4.79 Å². The molecule has 1 aliphatic heterocycles. The molecule has 1 saturated heterocycles. The van der Waals surface area contributed by atoms with Gasteiger partial charge in [-0.1, -0.05) is 26.7 Å². The van der Waals surface area contributed by atoms with Gasteiger partial charge >= 0.3 is 11.9 Å². The molecular formula is C19H32O8. The van der Waals surface area contributed by atoms with E-state index in [0.717, 1.165) is 18.9 Å². The van der Waals surface area contributed by atoms with E-state index in [1.165, 1.54) is 26.8 Å². The number of ether oxygens (including phenoxy) is 2. The van der Waals surface area contributed by atoms with E-state index >= 15 is 0 Å². The molecule has 4 N–H and O–H groups in total. The molecule has 0 aromatic rings. The van der Waals surface area contributed by atoms with Crippen molar-refractivity contribution in [3.8, 4) is 0 Å². The summed E-state index contributed by atoms with van der Waals surface area (Å²) in [5.74, 6) is -3.42. The number of carbonyl (C=O) groups is 2. The van der Waals surface area contributed by atoms with Crippen LogP contribution in [-0.4, -0.2) is 69.0 Å². The molecule has 0 spiro atoms. The molecule has 1 aliphatic rings. The van der Waals surface area contributed by atoms with Crippen LogP contribution in [0.4, 0.5) is 0 Å². The van der Waals surface area contributed by atoms with Crippen molar-refractivity contribution in [2.75, 3.05) is 6.61 Å². The molecule has 0 bridgehead atoms. The Morgan fingerprint density at radius 3 is 2.59 bits per heavy atom. The third kappa shape index (κ3) is 6.27. The summed E-state index contributed by atoms with van der Waals surface area (Å²) in [5, 5.41) is 41.0. The zero-order valence-electron chi connectivity index (χ0n) is 16.4. The Balaban J connectivity index is 2.88. The van der Waals surface area contributed by atoms with E-state index < -0.39 is 53.8 Å². The Hall–Kier alpha value is -1.48. The van der Waals surface area contributed by atoms with Crippen molar-refractivity contribution in [3.05, 3.63) is 12.2 Å². The highest BCUT2D eigenvalue weighted by Crippen LogP contribution is 2.30. The molecule has 7 atom stereocenters. The predicted molar refractivity (Wildman–Crippen MR) is 96.5 cm³/mol. The van der Waals surface area contributed by atoms with E-state index in [4.69, 9.17) is 9.47 Å². The highest BCUT2D eigenvalue weighted by Gasteiger charge is 2.49. The largest absolute Gasteiger partial charge is 0.461 e. The van der Waals surface area contributed by atoms with Gasteiger partial charge in [0.2, 0.25) is 0 Å². The van der Waals surface area contributed by atoms with Gasteiger partial charge in [-0.25, -0.2) is 4.79 Å². The van der Waals surface area contributed by atoms with Crippen molar-refractivity contribution >= 4 is 11.9 Å². The lowest BCUT2D eigenvalue weighted by molar-refractivity contribution is -0.179. The van der Waals surface area contributed by atoms with Gasteiger partial charge in [0.15, 0.2) is 0 Å². The molecule has 1 heterocycles. The van der Waals surface area contributed by atoms with Gasteiger partial charge in [0.05, 0.1) is 24.2 Å². The second-order valence-corrected chi connectivity index (χ2v) is 7.44. The number of carbonyl (C=O) groups excluding carboxylic acids is 2. The average Bonchev–Trinajstić information content (AvgIpc) is 2.65. The van der Waals surface area contributed by atoms with Gasteiger partial charge in [-0.2, -0.15) is 0 Å². The third-order valence-electron chi connectivity index (χ3n) is 5.09. The minimum Gasteiger partial charge on any atom is -0.461 e. The maximum atomic E-state index is 12.0. The smallest absolute Gasteiger partial charge is 0.330 e. The van der Waals surface area contributed by atoms with Crippen molar-refractivity contribution in [2.45, 2.75) is 77.0 Å². The molecule has 1 unspecified atom stereocenters. The summed E-state index contributed by atoms with van der Waals surface area (Å²) in [5.41, 5.74) is -2.00. The van der Waals surface area contributed by atoms with Crippen molar-refractivity contribution in [1.82, 2.24) is 0 Å². The maximum Gasteiger partial charge on any atom is 0.330 e. The molecule has 1 rings (SSSR count). The number of esters is 2. The van der Waals surface area contributed by atoms with Crippen LogP contribution in [0.25, 0.3) is 0 Å². The number of aliphatic hydroxyl groups excluding tert-OH is 3. The summed E-state index contributed by atoms with van der Waals surface area (Å²) in [6.45, 7) is 5.79. The van der Waals surface area contributed by atoms with Gasteiger partial charge in [-0.05, 0) is 26.3 Å². The highest BCUT2D eigenvalue weighted by molar-refractivity contribution is 5.82. The molecule has 0 aliphatic carbocycles. The van der Waals surface area contributed by atoms with E-state index in [0.29, 0.717) is 6.42 Å². The van der Waals surface area contributed by atoms with Crippen LogP contribution in [0.5, 0.6) is 0 Å². The zero-order chi connectivity index (χ0) is 20.8. The van der Waals surface area contributed by atoms with Crippen LogP contribution >= 0.6 is 0 Å². The fourth-order valence-electron chi connectivity index (χ4n) is 3.02. The molecule has 0 amide bonds. The normalized spacial score (nSPS) is 36.4. The van der Waals surface area contributed by atoms with Crippen LogP contribution in [0.3, 0.4) is 0 Å². The summed E-state index contributed by atoms with van der Waals surface area (Å²) >= 11 is 0. The fraction of sp³-hybridized carbons (Fsp3) is 0.789. The molecule has 8 heteroatoms. The number of unbranched alkanes of at least 4 members (excludes halogenated alkanes) is 1. The number of hydrogen-bond acceptors (Lipinski definition) is 8. The van der Waals surface area contributed by atoms with Crippen molar-refractivity contribution in [2.24, 2.45) is 11.8 Å². The van der Waals surface area contributed by atoms with Crippen LogP contribution < -0.4 is 0 Å². The standard InChI is InChI=1S/C19H32O8/c1-5-6-7-13(20)8-9-15(21)27-14-10-26-18(24)12(3)17(23)19(4,25)16(22)11(14)2/h8-9,11-14,16-17,20,22-23,25H,5-7,10H2,1-4H3/b9-8+/t11-,12-,13?,14+,16-,17-,19-/m1/s1. The summed E-state index contributed by atoms with van der Waals surface area (Å²) in [6, 6.07) is 0. The second kappa shape index (κ2) is 10.2. The summed E-state index contributed by atoms with van der Waals surface area (Å²) in [6.07, 6.45) is -0.151. The number of hydrogen-bond donors (Lipinski definition) is 4. The van der Waals surface area contributed by atoms with Crippen LogP contribution in [0.1, 0.15) is 47.0 Å². The second-order valence-electron chi connectivity index (χ2n) is 7.44. The van der Waals surface area contributed by atoms with Crippen molar-refractivity contribution in [3.63, 3.8) is 0 Å². The first kappa shape index (κ1) is 23.6. The molecular weight excluding hydrogens is 356 g/mol. The Morgan fingerprint density at radius 2 is 2.00 bits per heavy atom. The van der Waals surface area contributed by atoms with E-state index in [1.807, 2.05) is 6.92 Å². The van der Waals surface area contributed by atoms with Gasteiger partial charge in [0.25, 0.3) is 0 Å². The van der Waals surface area contributed by atoms with Gasteiger partial charge in [0, 0.05) is 12.0 Å². The molecule has 0 radical (unpaired) electrons. The molecule has 0 aromatic heterocycles. The first-order valence-electron chi connectivity index (χ1n) is 9.34. The zero-order valence-corrected chi connectivity index (χ0v) is 16.4. The number of rotatable bonds is 6. The lowest BCUT2D eigenvalue weighted by Crippen LogP contribution is -2.56. The van der Waals surface area contributed by atoms with Crippen LogP contribution in [0, 0.1) is 11.8 Å². The Morgan fingerprint density at radius 1 is 1.37 bits per heavy atom. The van der Waals surface area contributed by atoms with Crippen molar-refractivity contribution < 1.29 is 39.5 Å². The van der Waals surface area contributed by atoms with E-state index in [1.54, 1.807) is 0 Å². The van der Waals surface area contributed by atoms with E-state index in [9.17, 15) is 30.0 Å². The quantitative estimate of drug-likeness (QED) is 0.377. The first-order chi connectivity index (χ1) is 12.5. The Kier molecular flexibility index (Phi) is 8.87. The minimum atomic E-state index is -2.00. The van der Waals surface area contributed by atoms with Gasteiger partial charge < -0.3 is 29.9 Å². The van der Waals surface area contributed by atoms with Crippen molar-refractivity contribution in [1.29, 1.82) is 0 Å². The predicted octanol–water partition coefficient (Wildman–Crippen LogP) is 0.307. The fourth-order valence-corrected chi connectivity index (χ4v) is 3.02. The molecule has 0 aromatic carbocycles. The summed E-state index contributed by atoms with van der Waals surface area (Å²) < 4.78 is 10.3. The monoisotopic (exact) mass is 388 g/mol. The highest BCUT2D eigenvalue weighted by atomic mass is 16.6. The third-order valence-corrected chi connectivity index (χ3v) is 5.09. The molecule has 1 fully saturated rings. The average molecular weight is 388 g/mol. The molecule has 8 nitrogen and oxygen atoms in total. The van der Waals surface area contributed by atoms with Crippen LogP contribution in [0.15, 0.2) is 12.2 Å². The van der Waals surface area contributed by atoms with Gasteiger partial charge in [0.1, 0.15) is 18.3 Å². The number of aliphatic hydroxyl groups is 4. The lowest BCUT2D eigenvalue weighted by atomic mass is 9.79. The first-order valence-corrected chi connectivity index (χ1v) is 9.34. The Bertz CT molecular complexity index is 530. The lowest BCUT2D eigenvalue weighted by Gasteiger charge is -2.38. The molecule has 27 heavy (non-hydrogen) atoms. The Labute approximate surface area is 159 Å².